The van der Waals surface area contributed by atoms with E-state index in [4.69, 9.17) is 12.2 Å². The van der Waals surface area contributed by atoms with E-state index in [0.717, 1.165) is 4.90 Å². The molecule has 1 fully saturated rings. The molecule has 0 aliphatic carbocycles. The molecule has 134 valence electrons. The maximum Gasteiger partial charge on any atom is 0.326 e. The van der Waals surface area contributed by atoms with Crippen LogP contribution >= 0.6 is 12.2 Å². The summed E-state index contributed by atoms with van der Waals surface area (Å²) in [6.07, 6.45) is 0.419. The summed E-state index contributed by atoms with van der Waals surface area (Å²) < 4.78 is 13.5. The number of hydrogen-bond donors (Lipinski definition) is 3. The van der Waals surface area contributed by atoms with Gasteiger partial charge in [-0.1, -0.05) is 12.1 Å². The van der Waals surface area contributed by atoms with E-state index in [9.17, 15) is 18.8 Å². The van der Waals surface area contributed by atoms with Crippen LogP contribution in [0.5, 0.6) is 0 Å². The Balaban J connectivity index is 1.67. The van der Waals surface area contributed by atoms with Gasteiger partial charge in [-0.05, 0) is 30.8 Å². The number of halogens is 1. The second-order valence-electron chi connectivity index (χ2n) is 5.39. The number of amides is 4. The second kappa shape index (κ2) is 8.38. The van der Waals surface area contributed by atoms with Gasteiger partial charge in [-0.2, -0.15) is 0 Å². The maximum atomic E-state index is 13.5. The maximum absolute atomic E-state index is 13.5. The van der Waals surface area contributed by atoms with Crippen molar-refractivity contribution >= 4 is 40.9 Å². The average molecular weight is 367 g/mol. The van der Waals surface area contributed by atoms with Crippen LogP contribution < -0.4 is 16.2 Å². The Morgan fingerprint density at radius 1 is 1.28 bits per heavy atom. The van der Waals surface area contributed by atoms with Crippen molar-refractivity contribution in [3.63, 3.8) is 0 Å². The predicted molar refractivity (Wildman–Crippen MR) is 92.9 cm³/mol. The number of nitrogens with zero attached hydrogens (tertiary/aromatic N) is 2. The number of nitrogens with one attached hydrogen (secondary N) is 3. The lowest BCUT2D eigenvalue weighted by Crippen LogP contribution is -2.44. The van der Waals surface area contributed by atoms with Crippen LogP contribution in [0.2, 0.25) is 0 Å². The molecule has 2 rings (SSSR count). The fourth-order valence-electron chi connectivity index (χ4n) is 2.19. The summed E-state index contributed by atoms with van der Waals surface area (Å²) >= 11 is 4.95. The monoisotopic (exact) mass is 367 g/mol. The molecule has 8 nitrogen and oxygen atoms in total. The van der Waals surface area contributed by atoms with Crippen LogP contribution in [0.25, 0.3) is 0 Å². The molecule has 10 heteroatoms. The SMILES string of the molecule is CN1CC(=O)N(CCCC(=O)NNC(=S)Nc2ccccc2F)C1=O. The van der Waals surface area contributed by atoms with E-state index in [1.807, 2.05) is 0 Å². The minimum absolute atomic E-state index is 0.0324. The number of likely N-dealkylation sites (N-methyl/N-ethyl adjacent to an activating group) is 1. The quantitative estimate of drug-likeness (QED) is 0.405. The third kappa shape index (κ3) is 5.11. The molecule has 1 aromatic rings. The minimum atomic E-state index is -0.470. The van der Waals surface area contributed by atoms with Crippen molar-refractivity contribution in [1.29, 1.82) is 0 Å². The highest BCUT2D eigenvalue weighted by molar-refractivity contribution is 7.80. The first-order chi connectivity index (χ1) is 11.9. The Morgan fingerprint density at radius 2 is 2.00 bits per heavy atom. The molecule has 0 aromatic heterocycles. The van der Waals surface area contributed by atoms with E-state index < -0.39 is 5.82 Å². The molecule has 1 saturated heterocycles. The summed E-state index contributed by atoms with van der Waals surface area (Å²) in [5, 5.41) is 2.64. The molecule has 1 heterocycles. The van der Waals surface area contributed by atoms with Crippen LogP contribution in [0.3, 0.4) is 0 Å². The van der Waals surface area contributed by atoms with E-state index >= 15 is 0 Å². The number of carbonyl (C=O) groups is 3. The predicted octanol–water partition coefficient (Wildman–Crippen LogP) is 0.818. The van der Waals surface area contributed by atoms with Gasteiger partial charge >= 0.3 is 6.03 Å². The fraction of sp³-hybridized carbons (Fsp3) is 0.333. The molecular formula is C15H18FN5O3S. The van der Waals surface area contributed by atoms with Gasteiger partial charge < -0.3 is 10.2 Å². The van der Waals surface area contributed by atoms with E-state index in [-0.39, 0.29) is 48.2 Å². The van der Waals surface area contributed by atoms with E-state index in [0.29, 0.717) is 6.42 Å². The van der Waals surface area contributed by atoms with Crippen LogP contribution in [0.1, 0.15) is 12.8 Å². The average Bonchev–Trinajstić information content (AvgIpc) is 2.81. The number of hydrazine groups is 1. The zero-order valence-corrected chi connectivity index (χ0v) is 14.4. The lowest BCUT2D eigenvalue weighted by Gasteiger charge is -2.14. The molecule has 1 aliphatic rings. The van der Waals surface area contributed by atoms with Crippen LogP contribution in [-0.2, 0) is 9.59 Å². The number of para-hydroxylation sites is 1. The smallest absolute Gasteiger partial charge is 0.326 e. The molecule has 25 heavy (non-hydrogen) atoms. The Bertz CT molecular complexity index is 699. The number of urea groups is 1. The number of thiocarbonyl (C=S) groups is 1. The van der Waals surface area contributed by atoms with Gasteiger partial charge in [0.1, 0.15) is 12.4 Å². The van der Waals surface area contributed by atoms with Crippen molar-refractivity contribution in [2.24, 2.45) is 0 Å². The lowest BCUT2D eigenvalue weighted by atomic mass is 10.3. The number of anilines is 1. The molecule has 1 aromatic carbocycles. The number of carbonyl (C=O) groups excluding carboxylic acids is 3. The number of benzene rings is 1. The lowest BCUT2D eigenvalue weighted by molar-refractivity contribution is -0.126. The van der Waals surface area contributed by atoms with Gasteiger partial charge in [-0.15, -0.1) is 0 Å². The molecule has 0 saturated carbocycles. The minimum Gasteiger partial charge on any atom is -0.329 e. The van der Waals surface area contributed by atoms with Crippen molar-refractivity contribution < 1.29 is 18.8 Å². The Morgan fingerprint density at radius 3 is 2.64 bits per heavy atom. The summed E-state index contributed by atoms with van der Waals surface area (Å²) in [6.45, 7) is 0.232. The van der Waals surface area contributed by atoms with E-state index in [1.54, 1.807) is 19.2 Å². The first-order valence-corrected chi connectivity index (χ1v) is 7.95. The van der Waals surface area contributed by atoms with Gasteiger partial charge in [0.05, 0.1) is 5.69 Å². The van der Waals surface area contributed by atoms with Crippen LogP contribution in [0.15, 0.2) is 24.3 Å². The van der Waals surface area contributed by atoms with Crippen molar-refractivity contribution in [3.8, 4) is 0 Å². The topological polar surface area (TPSA) is 93.8 Å². The highest BCUT2D eigenvalue weighted by Gasteiger charge is 2.32. The van der Waals surface area contributed by atoms with Crippen LogP contribution in [-0.4, -0.2) is 52.9 Å². The van der Waals surface area contributed by atoms with Gasteiger partial charge in [0.25, 0.3) is 0 Å². The molecule has 0 atom stereocenters. The Labute approximate surface area is 149 Å². The van der Waals surface area contributed by atoms with Crippen molar-refractivity contribution in [3.05, 3.63) is 30.1 Å². The molecule has 0 radical (unpaired) electrons. The molecule has 3 N–H and O–H groups in total. The van der Waals surface area contributed by atoms with Gasteiger partial charge in [-0.25, -0.2) is 9.18 Å². The van der Waals surface area contributed by atoms with Crippen molar-refractivity contribution in [2.75, 3.05) is 25.5 Å². The van der Waals surface area contributed by atoms with Crippen molar-refractivity contribution in [1.82, 2.24) is 20.7 Å². The summed E-state index contributed by atoms with van der Waals surface area (Å²) in [5.74, 6) is -1.12. The molecule has 4 amide bonds. The normalized spacial score (nSPS) is 13.8. The Hall–Kier alpha value is -2.75. The zero-order chi connectivity index (χ0) is 18.4. The Kier molecular flexibility index (Phi) is 6.23. The first-order valence-electron chi connectivity index (χ1n) is 7.54. The van der Waals surface area contributed by atoms with Gasteiger partial charge in [0.2, 0.25) is 11.8 Å². The third-order valence-electron chi connectivity index (χ3n) is 3.45. The van der Waals surface area contributed by atoms with Crippen LogP contribution in [0.4, 0.5) is 14.9 Å². The molecule has 0 unspecified atom stereocenters. The number of hydrogen-bond acceptors (Lipinski definition) is 4. The van der Waals surface area contributed by atoms with E-state index in [2.05, 4.69) is 16.2 Å². The molecular weight excluding hydrogens is 349 g/mol. The van der Waals surface area contributed by atoms with Crippen molar-refractivity contribution in [2.45, 2.75) is 12.8 Å². The largest absolute Gasteiger partial charge is 0.329 e. The molecule has 0 bridgehead atoms. The second-order valence-corrected chi connectivity index (χ2v) is 5.80. The summed E-state index contributed by atoms with van der Waals surface area (Å²) in [5.41, 5.74) is 5.01. The van der Waals surface area contributed by atoms with E-state index in [1.165, 1.54) is 17.0 Å². The van der Waals surface area contributed by atoms with Gasteiger partial charge in [0, 0.05) is 20.0 Å². The van der Waals surface area contributed by atoms with Gasteiger partial charge in [-0.3, -0.25) is 25.3 Å². The summed E-state index contributed by atoms with van der Waals surface area (Å²) in [7, 11) is 1.54. The standard InChI is InChI=1S/C15H18FN5O3S/c1-20-9-13(23)21(15(20)24)8-4-7-12(22)18-19-14(25)17-11-6-3-2-5-10(11)16/h2-3,5-6H,4,7-9H2,1H3,(H,18,22)(H2,17,19,25). The molecule has 0 spiro atoms. The van der Waals surface area contributed by atoms with Crippen LogP contribution in [0, 0.1) is 5.82 Å². The highest BCUT2D eigenvalue weighted by Crippen LogP contribution is 2.12. The third-order valence-corrected chi connectivity index (χ3v) is 3.66. The number of rotatable bonds is 5. The summed E-state index contributed by atoms with van der Waals surface area (Å²) in [4.78, 5) is 37.4. The zero-order valence-electron chi connectivity index (χ0n) is 13.5. The molecule has 1 aliphatic heterocycles. The highest BCUT2D eigenvalue weighted by atomic mass is 32.1. The fourth-order valence-corrected chi connectivity index (χ4v) is 2.35. The number of imide groups is 1. The summed E-state index contributed by atoms with van der Waals surface area (Å²) in [6, 6.07) is 5.62. The van der Waals surface area contributed by atoms with Gasteiger partial charge in [0.15, 0.2) is 5.11 Å². The first kappa shape index (κ1) is 18.6.